The number of nitrogens with zero attached hydrogens (tertiary/aromatic N) is 4. The zero-order chi connectivity index (χ0) is 21.5. The number of halogens is 1. The topological polar surface area (TPSA) is 125 Å². The molecular formula is C19H18BFN8O2. The Morgan fingerprint density at radius 3 is 2.81 bits per heavy atom. The van der Waals surface area contributed by atoms with Gasteiger partial charge in [-0.3, -0.25) is 10.1 Å². The molecular weight excluding hydrogens is 402 g/mol. The van der Waals surface area contributed by atoms with Crippen LogP contribution in [0.1, 0.15) is 24.0 Å². The fourth-order valence-corrected chi connectivity index (χ4v) is 3.19. The van der Waals surface area contributed by atoms with Crippen LogP contribution in [-0.2, 0) is 11.3 Å². The summed E-state index contributed by atoms with van der Waals surface area (Å²) in [5.74, 6) is -0.0507. The molecule has 1 aliphatic heterocycles. The Morgan fingerprint density at radius 2 is 2.10 bits per heavy atom. The lowest BCUT2D eigenvalue weighted by Crippen LogP contribution is -2.22. The average Bonchev–Trinajstić information content (AvgIpc) is 3.36. The van der Waals surface area contributed by atoms with E-state index < -0.39 is 11.9 Å². The van der Waals surface area contributed by atoms with Gasteiger partial charge in [-0.15, -0.1) is 0 Å². The molecule has 10 nitrogen and oxygen atoms in total. The molecule has 31 heavy (non-hydrogen) atoms. The number of rotatable bonds is 6. The number of fused-ring (bicyclic) bond motifs is 1. The van der Waals surface area contributed by atoms with Crippen LogP contribution >= 0.6 is 0 Å². The van der Waals surface area contributed by atoms with E-state index in [0.717, 1.165) is 18.3 Å². The Kier molecular flexibility index (Phi) is 4.53. The highest BCUT2D eigenvalue weighted by Crippen LogP contribution is 2.25. The molecule has 2 aliphatic rings. The molecule has 4 N–H and O–H groups in total. The predicted molar refractivity (Wildman–Crippen MR) is 114 cm³/mol. The molecule has 1 aromatic carbocycles. The first-order chi connectivity index (χ1) is 15.0. The molecule has 1 saturated heterocycles. The van der Waals surface area contributed by atoms with E-state index in [2.05, 4.69) is 36.3 Å². The normalized spacial score (nSPS) is 17.1. The monoisotopic (exact) mass is 420 g/mol. The van der Waals surface area contributed by atoms with Crippen molar-refractivity contribution in [2.75, 3.05) is 10.6 Å². The van der Waals surface area contributed by atoms with Gasteiger partial charge in [0.05, 0.1) is 6.20 Å². The van der Waals surface area contributed by atoms with Gasteiger partial charge in [0, 0.05) is 23.7 Å². The van der Waals surface area contributed by atoms with Gasteiger partial charge in [-0.25, -0.2) is 9.18 Å². The number of carbonyl (C=O) groups excluding carboxylic acids is 2. The Balaban J connectivity index is 1.49. The summed E-state index contributed by atoms with van der Waals surface area (Å²) >= 11 is 0. The minimum Gasteiger partial charge on any atom is -0.351 e. The van der Waals surface area contributed by atoms with Crippen molar-refractivity contribution < 1.29 is 14.0 Å². The Bertz CT molecular complexity index is 1250. The van der Waals surface area contributed by atoms with Crippen LogP contribution in [0.5, 0.6) is 0 Å². The highest BCUT2D eigenvalue weighted by atomic mass is 19.1. The zero-order valence-corrected chi connectivity index (χ0v) is 16.6. The first-order valence-corrected chi connectivity index (χ1v) is 9.81. The first-order valence-electron chi connectivity index (χ1n) is 9.81. The number of benzene rings is 1. The van der Waals surface area contributed by atoms with Crippen molar-refractivity contribution in [3.05, 3.63) is 47.0 Å². The van der Waals surface area contributed by atoms with Crippen LogP contribution in [-0.4, -0.2) is 45.4 Å². The second-order valence-corrected chi connectivity index (χ2v) is 7.54. The van der Waals surface area contributed by atoms with Crippen molar-refractivity contribution in [2.45, 2.75) is 25.4 Å². The maximum absolute atomic E-state index is 14.2. The Labute approximate surface area is 176 Å². The predicted octanol–water partition coefficient (Wildman–Crippen LogP) is -0.111. The third kappa shape index (κ3) is 3.91. The minimum absolute atomic E-state index is 0.103. The number of imide groups is 1. The lowest BCUT2D eigenvalue weighted by molar-refractivity contribution is -0.115. The van der Waals surface area contributed by atoms with Gasteiger partial charge >= 0.3 is 6.03 Å². The van der Waals surface area contributed by atoms with Crippen molar-refractivity contribution in [2.24, 2.45) is 0 Å². The van der Waals surface area contributed by atoms with Gasteiger partial charge in [0.15, 0.2) is 5.65 Å². The summed E-state index contributed by atoms with van der Waals surface area (Å²) in [5.41, 5.74) is 2.40. The van der Waals surface area contributed by atoms with Gasteiger partial charge in [-0.2, -0.15) is 19.6 Å². The number of carbonyl (C=O) groups is 2. The van der Waals surface area contributed by atoms with Crippen molar-refractivity contribution in [3.63, 3.8) is 0 Å². The van der Waals surface area contributed by atoms with Gasteiger partial charge in [0.2, 0.25) is 11.9 Å². The van der Waals surface area contributed by atoms with Crippen molar-refractivity contribution in [1.29, 1.82) is 0 Å². The van der Waals surface area contributed by atoms with Gasteiger partial charge in [0.1, 0.15) is 19.4 Å². The standard InChI is InChI=1S/C19H18BFN8O2/c20-11-2-1-9(13(21)6-11)7-22-17-26-15-10(5-14-16(30)27-19(31)25-14)8-23-29(15)18(28-17)24-12-3-4-12/h1-2,5-6,8,12H,3-4,7,20H2,(H2,22,24,26,28)(H2,25,27,30,31)/b14-5-. The van der Waals surface area contributed by atoms with Gasteiger partial charge in [0.25, 0.3) is 5.91 Å². The molecule has 0 spiro atoms. The van der Waals surface area contributed by atoms with Gasteiger partial charge in [-0.05, 0) is 25.0 Å². The number of amides is 3. The number of nitrogens with one attached hydrogen (secondary N) is 4. The van der Waals surface area contributed by atoms with E-state index >= 15 is 0 Å². The molecule has 2 aromatic heterocycles. The highest BCUT2D eigenvalue weighted by Gasteiger charge is 2.26. The molecule has 5 rings (SSSR count). The summed E-state index contributed by atoms with van der Waals surface area (Å²) in [6.07, 6.45) is 5.11. The summed E-state index contributed by atoms with van der Waals surface area (Å²) in [6.45, 7) is 0.203. The molecule has 0 unspecified atom stereocenters. The quantitative estimate of drug-likeness (QED) is 0.249. The third-order valence-electron chi connectivity index (χ3n) is 4.97. The molecule has 2 fully saturated rings. The summed E-state index contributed by atoms with van der Waals surface area (Å²) < 4.78 is 15.7. The number of hydrogen-bond acceptors (Lipinski definition) is 7. The molecule has 1 saturated carbocycles. The molecule has 156 valence electrons. The first kappa shape index (κ1) is 19.0. The fourth-order valence-electron chi connectivity index (χ4n) is 3.19. The van der Waals surface area contributed by atoms with Crippen LogP contribution in [0.15, 0.2) is 30.1 Å². The number of hydrogen-bond donors (Lipinski definition) is 4. The van der Waals surface area contributed by atoms with Gasteiger partial charge in [-0.1, -0.05) is 17.6 Å². The smallest absolute Gasteiger partial charge is 0.326 e. The second-order valence-electron chi connectivity index (χ2n) is 7.54. The molecule has 3 amide bonds. The number of aromatic nitrogens is 4. The Hall–Kier alpha value is -3.96. The van der Waals surface area contributed by atoms with Crippen molar-refractivity contribution in [3.8, 4) is 0 Å². The van der Waals surface area contributed by atoms with Crippen LogP contribution in [0.4, 0.5) is 21.1 Å². The molecule has 3 aromatic rings. The van der Waals surface area contributed by atoms with Crippen LogP contribution in [0.3, 0.4) is 0 Å². The summed E-state index contributed by atoms with van der Waals surface area (Å²) in [4.78, 5) is 32.2. The molecule has 1 aliphatic carbocycles. The molecule has 3 heterocycles. The largest absolute Gasteiger partial charge is 0.351 e. The van der Waals surface area contributed by atoms with E-state index in [9.17, 15) is 14.0 Å². The summed E-state index contributed by atoms with van der Waals surface area (Å²) in [5, 5.41) is 15.3. The Morgan fingerprint density at radius 1 is 1.26 bits per heavy atom. The molecule has 0 radical (unpaired) electrons. The van der Waals surface area contributed by atoms with E-state index in [-0.39, 0.29) is 24.0 Å². The van der Waals surface area contributed by atoms with Crippen LogP contribution in [0, 0.1) is 5.82 Å². The maximum Gasteiger partial charge on any atom is 0.326 e. The summed E-state index contributed by atoms with van der Waals surface area (Å²) in [7, 11) is 1.83. The van der Waals surface area contributed by atoms with Crippen LogP contribution in [0.25, 0.3) is 11.7 Å². The maximum atomic E-state index is 14.2. The van der Waals surface area contributed by atoms with E-state index in [1.54, 1.807) is 6.07 Å². The molecule has 12 heteroatoms. The lowest BCUT2D eigenvalue weighted by Gasteiger charge is -2.11. The number of urea groups is 1. The molecule has 0 bridgehead atoms. The van der Waals surface area contributed by atoms with E-state index in [1.165, 1.54) is 22.9 Å². The zero-order valence-electron chi connectivity index (χ0n) is 16.6. The number of anilines is 2. The minimum atomic E-state index is -0.582. The fraction of sp³-hybridized carbons (Fsp3) is 0.211. The van der Waals surface area contributed by atoms with Crippen LogP contribution < -0.4 is 26.7 Å². The summed E-state index contributed by atoms with van der Waals surface area (Å²) in [6, 6.07) is 4.76. The SMILES string of the molecule is Bc1ccc(CNc2nc(NC3CC3)n3ncc(/C=C4\NC(=O)NC4=O)c3n2)c(F)c1. The second kappa shape index (κ2) is 7.38. The lowest BCUT2D eigenvalue weighted by atomic mass is 9.95. The average molecular weight is 420 g/mol. The van der Waals surface area contributed by atoms with Crippen LogP contribution in [0.2, 0.25) is 0 Å². The van der Waals surface area contributed by atoms with Crippen molar-refractivity contribution >= 4 is 48.9 Å². The van der Waals surface area contributed by atoms with E-state index in [4.69, 9.17) is 0 Å². The highest BCUT2D eigenvalue weighted by molar-refractivity contribution is 6.32. The van der Waals surface area contributed by atoms with E-state index in [0.29, 0.717) is 28.8 Å². The van der Waals surface area contributed by atoms with Crippen molar-refractivity contribution in [1.82, 2.24) is 30.2 Å². The van der Waals surface area contributed by atoms with Gasteiger partial charge < -0.3 is 16.0 Å². The van der Waals surface area contributed by atoms with E-state index in [1.807, 2.05) is 13.9 Å². The molecule has 0 atom stereocenters. The third-order valence-corrected chi connectivity index (χ3v) is 4.97.